The van der Waals surface area contributed by atoms with Crippen molar-refractivity contribution < 1.29 is 4.79 Å². The predicted molar refractivity (Wildman–Crippen MR) is 76.7 cm³/mol. The third-order valence-corrected chi connectivity index (χ3v) is 3.96. The van der Waals surface area contributed by atoms with Crippen LogP contribution < -0.4 is 10.6 Å². The Morgan fingerprint density at radius 2 is 2.05 bits per heavy atom. The molecule has 1 amide bonds. The van der Waals surface area contributed by atoms with E-state index in [0.29, 0.717) is 23.7 Å². The number of rotatable bonds is 2. The van der Waals surface area contributed by atoms with Crippen LogP contribution in [0.1, 0.15) is 9.67 Å². The molecule has 2 aromatic rings. The molecule has 2 aromatic heterocycles. The SMILES string of the molecule is Nc1cnccc1N1CCN(C(=O)c2cnns2)CC1. The fourth-order valence-corrected chi connectivity index (χ4v) is 2.74. The summed E-state index contributed by atoms with van der Waals surface area (Å²) in [5.41, 5.74) is 7.57. The van der Waals surface area contributed by atoms with Gasteiger partial charge in [-0.25, -0.2) is 0 Å². The molecule has 1 fully saturated rings. The van der Waals surface area contributed by atoms with Gasteiger partial charge < -0.3 is 15.5 Å². The van der Waals surface area contributed by atoms with Gasteiger partial charge in [-0.15, -0.1) is 5.10 Å². The molecular formula is C12H14N6OS. The van der Waals surface area contributed by atoms with Gasteiger partial charge in [0.2, 0.25) is 0 Å². The van der Waals surface area contributed by atoms with Crippen molar-refractivity contribution in [3.63, 3.8) is 0 Å². The third kappa shape index (κ3) is 2.42. The predicted octanol–water partition coefficient (Wildman–Crippen LogP) is 0.478. The monoisotopic (exact) mass is 290 g/mol. The first kappa shape index (κ1) is 12.8. The number of nitrogen functional groups attached to an aromatic ring is 1. The maximum Gasteiger partial charge on any atom is 0.267 e. The van der Waals surface area contributed by atoms with Gasteiger partial charge in [0, 0.05) is 32.4 Å². The summed E-state index contributed by atoms with van der Waals surface area (Å²) in [6, 6.07) is 1.90. The van der Waals surface area contributed by atoms with Crippen molar-refractivity contribution in [1.82, 2.24) is 19.5 Å². The lowest BCUT2D eigenvalue weighted by Crippen LogP contribution is -2.48. The molecule has 20 heavy (non-hydrogen) atoms. The molecule has 2 N–H and O–H groups in total. The Kier molecular flexibility index (Phi) is 3.46. The van der Waals surface area contributed by atoms with E-state index in [1.165, 1.54) is 6.20 Å². The summed E-state index contributed by atoms with van der Waals surface area (Å²) >= 11 is 1.13. The lowest BCUT2D eigenvalue weighted by atomic mass is 10.2. The minimum atomic E-state index is 0.00218. The normalized spacial score (nSPS) is 15.4. The van der Waals surface area contributed by atoms with Crippen molar-refractivity contribution in [3.8, 4) is 0 Å². The zero-order valence-electron chi connectivity index (χ0n) is 10.8. The zero-order chi connectivity index (χ0) is 13.9. The Balaban J connectivity index is 1.65. The average Bonchev–Trinajstić information content (AvgIpc) is 3.01. The Bertz CT molecular complexity index is 594. The molecule has 3 heterocycles. The summed E-state index contributed by atoms with van der Waals surface area (Å²) in [5, 5.41) is 3.70. The van der Waals surface area contributed by atoms with Crippen molar-refractivity contribution in [3.05, 3.63) is 29.5 Å². The molecule has 8 heteroatoms. The van der Waals surface area contributed by atoms with E-state index in [9.17, 15) is 4.79 Å². The van der Waals surface area contributed by atoms with E-state index in [-0.39, 0.29) is 5.91 Å². The standard InChI is InChI=1S/C12H14N6OS/c13-9-7-14-2-1-10(9)17-3-5-18(6-4-17)12(19)11-8-15-16-20-11/h1-2,7-8H,3-6,13H2. The number of nitrogens with two attached hydrogens (primary N) is 1. The van der Waals surface area contributed by atoms with Gasteiger partial charge in [0.15, 0.2) is 0 Å². The van der Waals surface area contributed by atoms with Gasteiger partial charge in [-0.2, -0.15) is 0 Å². The van der Waals surface area contributed by atoms with E-state index in [4.69, 9.17) is 5.73 Å². The maximum atomic E-state index is 12.2. The van der Waals surface area contributed by atoms with Crippen LogP contribution in [0.5, 0.6) is 0 Å². The molecule has 104 valence electrons. The number of carbonyl (C=O) groups excluding carboxylic acids is 1. The van der Waals surface area contributed by atoms with Crippen LogP contribution in [0.15, 0.2) is 24.7 Å². The largest absolute Gasteiger partial charge is 0.396 e. The van der Waals surface area contributed by atoms with E-state index in [1.807, 2.05) is 11.0 Å². The average molecular weight is 290 g/mol. The molecule has 0 saturated carbocycles. The van der Waals surface area contributed by atoms with Crippen molar-refractivity contribution in [2.75, 3.05) is 36.8 Å². The van der Waals surface area contributed by atoms with Crippen molar-refractivity contribution in [1.29, 1.82) is 0 Å². The highest BCUT2D eigenvalue weighted by Crippen LogP contribution is 2.23. The second-order valence-corrected chi connectivity index (χ2v) is 5.28. The van der Waals surface area contributed by atoms with E-state index in [0.717, 1.165) is 30.3 Å². The summed E-state index contributed by atoms with van der Waals surface area (Å²) in [7, 11) is 0. The second-order valence-electron chi connectivity index (χ2n) is 4.50. The Morgan fingerprint density at radius 1 is 1.25 bits per heavy atom. The number of hydrogen-bond acceptors (Lipinski definition) is 7. The fourth-order valence-electron chi connectivity index (χ4n) is 2.25. The van der Waals surface area contributed by atoms with Crippen molar-refractivity contribution in [2.45, 2.75) is 0 Å². The molecule has 1 saturated heterocycles. The number of amides is 1. The zero-order valence-corrected chi connectivity index (χ0v) is 11.6. The molecule has 0 spiro atoms. The molecule has 1 aliphatic heterocycles. The van der Waals surface area contributed by atoms with Crippen LogP contribution in [0.25, 0.3) is 0 Å². The third-order valence-electron chi connectivity index (χ3n) is 3.31. The van der Waals surface area contributed by atoms with E-state index in [1.54, 1.807) is 12.4 Å². The molecule has 3 rings (SSSR count). The fraction of sp³-hybridized carbons (Fsp3) is 0.333. The first-order valence-corrected chi connectivity index (χ1v) is 7.04. The highest BCUT2D eigenvalue weighted by atomic mass is 32.1. The van der Waals surface area contributed by atoms with Crippen molar-refractivity contribution >= 4 is 28.8 Å². The Labute approximate surface area is 120 Å². The molecule has 0 radical (unpaired) electrons. The molecule has 7 nitrogen and oxygen atoms in total. The number of hydrogen-bond donors (Lipinski definition) is 1. The number of aromatic nitrogens is 3. The van der Waals surface area contributed by atoms with Crippen molar-refractivity contribution in [2.24, 2.45) is 0 Å². The van der Waals surface area contributed by atoms with E-state index >= 15 is 0 Å². The summed E-state index contributed by atoms with van der Waals surface area (Å²) in [4.78, 5) is 20.7. The summed E-state index contributed by atoms with van der Waals surface area (Å²) in [6.07, 6.45) is 4.89. The number of pyridine rings is 1. The Morgan fingerprint density at radius 3 is 2.70 bits per heavy atom. The van der Waals surface area contributed by atoms with Crippen LogP contribution >= 0.6 is 11.5 Å². The molecule has 0 aromatic carbocycles. The van der Waals surface area contributed by atoms with Gasteiger partial charge in [-0.3, -0.25) is 9.78 Å². The Hall–Kier alpha value is -2.22. The number of nitrogens with zero attached hydrogens (tertiary/aromatic N) is 5. The first-order chi connectivity index (χ1) is 9.75. The van der Waals surface area contributed by atoms with Crippen LogP contribution in [0.2, 0.25) is 0 Å². The number of carbonyl (C=O) groups is 1. The summed E-state index contributed by atoms with van der Waals surface area (Å²) < 4.78 is 3.72. The minimum Gasteiger partial charge on any atom is -0.396 e. The van der Waals surface area contributed by atoms with Crippen LogP contribution in [-0.2, 0) is 0 Å². The van der Waals surface area contributed by atoms with Crippen LogP contribution in [0, 0.1) is 0 Å². The number of piperazine rings is 1. The van der Waals surface area contributed by atoms with E-state index < -0.39 is 0 Å². The highest BCUT2D eigenvalue weighted by molar-refractivity contribution is 7.07. The maximum absolute atomic E-state index is 12.2. The molecule has 0 atom stereocenters. The summed E-state index contributed by atoms with van der Waals surface area (Å²) in [6.45, 7) is 2.84. The molecule has 1 aliphatic rings. The molecule has 0 aliphatic carbocycles. The lowest BCUT2D eigenvalue weighted by molar-refractivity contribution is 0.0751. The van der Waals surface area contributed by atoms with Gasteiger partial charge in [0.1, 0.15) is 4.88 Å². The smallest absolute Gasteiger partial charge is 0.267 e. The molecule has 0 bridgehead atoms. The minimum absolute atomic E-state index is 0.00218. The van der Waals surface area contributed by atoms with Gasteiger partial charge in [0.05, 0.1) is 23.8 Å². The summed E-state index contributed by atoms with van der Waals surface area (Å²) in [5.74, 6) is 0.00218. The van der Waals surface area contributed by atoms with Crippen LogP contribution in [0.3, 0.4) is 0 Å². The topological polar surface area (TPSA) is 88.2 Å². The lowest BCUT2D eigenvalue weighted by Gasteiger charge is -2.36. The first-order valence-electron chi connectivity index (χ1n) is 6.27. The van der Waals surface area contributed by atoms with Gasteiger partial charge in [-0.1, -0.05) is 4.49 Å². The van der Waals surface area contributed by atoms with Gasteiger partial charge >= 0.3 is 0 Å². The molecular weight excluding hydrogens is 276 g/mol. The van der Waals surface area contributed by atoms with Gasteiger partial charge in [0.25, 0.3) is 5.91 Å². The second kappa shape index (κ2) is 5.41. The highest BCUT2D eigenvalue weighted by Gasteiger charge is 2.24. The van der Waals surface area contributed by atoms with Crippen LogP contribution in [-0.4, -0.2) is 51.6 Å². The van der Waals surface area contributed by atoms with E-state index in [2.05, 4.69) is 19.5 Å². The number of anilines is 2. The molecule has 0 unspecified atom stereocenters. The quantitative estimate of drug-likeness (QED) is 0.865. The van der Waals surface area contributed by atoms with Gasteiger partial charge in [-0.05, 0) is 17.6 Å². The van der Waals surface area contributed by atoms with Crippen LogP contribution in [0.4, 0.5) is 11.4 Å².